The Bertz CT molecular complexity index is 450. The highest BCUT2D eigenvalue weighted by Gasteiger charge is 2.08. The Morgan fingerprint density at radius 1 is 1.00 bits per heavy atom. The number of aryl methyl sites for hydroxylation is 1. The number of hydrogen-bond acceptors (Lipinski definition) is 2. The van der Waals surface area contributed by atoms with Gasteiger partial charge in [0.2, 0.25) is 0 Å². The Labute approximate surface area is 141 Å². The molecular weight excluding hydrogens is 284 g/mol. The third kappa shape index (κ3) is 10.1. The Balaban J connectivity index is 2.01. The molecule has 0 heterocycles. The number of carbonyl (C=O) groups excluding carboxylic acids is 1. The lowest BCUT2D eigenvalue weighted by Gasteiger charge is -2.14. The van der Waals surface area contributed by atoms with E-state index >= 15 is 0 Å². The highest BCUT2D eigenvalue weighted by Crippen LogP contribution is 2.16. The quantitative estimate of drug-likeness (QED) is 0.399. The van der Waals surface area contributed by atoms with Crippen molar-refractivity contribution in [3.63, 3.8) is 0 Å². The van der Waals surface area contributed by atoms with Gasteiger partial charge in [0.1, 0.15) is 5.78 Å². The van der Waals surface area contributed by atoms with E-state index in [0.717, 1.165) is 56.9 Å². The Morgan fingerprint density at radius 2 is 1.61 bits per heavy atom. The van der Waals surface area contributed by atoms with Gasteiger partial charge in [0, 0.05) is 6.42 Å². The number of aliphatic hydroxyl groups excluding tert-OH is 1. The first-order valence-electron chi connectivity index (χ1n) is 8.98. The minimum Gasteiger partial charge on any atom is -0.389 e. The van der Waals surface area contributed by atoms with E-state index in [-0.39, 0.29) is 6.10 Å². The minimum atomic E-state index is -0.364. The molecule has 2 nitrogen and oxygen atoms in total. The number of carbonyl (C=O) groups is 1. The lowest BCUT2D eigenvalue weighted by Crippen LogP contribution is -2.10. The minimum absolute atomic E-state index is 0.294. The van der Waals surface area contributed by atoms with Crippen LogP contribution in [0.3, 0.4) is 0 Å². The number of Topliss-reactive ketones (excluding diaryl/α,β-unsaturated/α-hetero) is 1. The number of hydrogen-bond donors (Lipinski definition) is 1. The molecule has 1 unspecified atom stereocenters. The molecule has 128 valence electrons. The van der Waals surface area contributed by atoms with Gasteiger partial charge in [0.05, 0.1) is 6.10 Å². The van der Waals surface area contributed by atoms with Crippen LogP contribution in [-0.2, 0) is 11.2 Å². The summed E-state index contributed by atoms with van der Waals surface area (Å²) in [7, 11) is 0. The van der Waals surface area contributed by atoms with E-state index in [2.05, 4.69) is 18.7 Å². The summed E-state index contributed by atoms with van der Waals surface area (Å²) in [5.41, 5.74) is 2.25. The lowest BCUT2D eigenvalue weighted by atomic mass is 9.98. The van der Waals surface area contributed by atoms with Crippen molar-refractivity contribution in [1.82, 2.24) is 0 Å². The van der Waals surface area contributed by atoms with Gasteiger partial charge in [-0.1, -0.05) is 69.0 Å². The molecule has 0 aliphatic heterocycles. The fourth-order valence-electron chi connectivity index (χ4n) is 2.74. The summed E-state index contributed by atoms with van der Waals surface area (Å²) in [5.74, 6) is 0.294. The van der Waals surface area contributed by atoms with Gasteiger partial charge in [0.25, 0.3) is 0 Å². The monoisotopic (exact) mass is 316 g/mol. The molecule has 0 aromatic heterocycles. The maximum atomic E-state index is 10.8. The maximum absolute atomic E-state index is 10.8. The van der Waals surface area contributed by atoms with Crippen LogP contribution in [0.15, 0.2) is 42.5 Å². The van der Waals surface area contributed by atoms with Crippen LogP contribution in [0.5, 0.6) is 0 Å². The number of rotatable bonds is 13. The van der Waals surface area contributed by atoms with Gasteiger partial charge in [-0.15, -0.1) is 0 Å². The second kappa shape index (κ2) is 12.1. The normalized spacial score (nSPS) is 12.1. The molecule has 0 saturated heterocycles. The molecule has 0 spiro atoms. The van der Waals surface area contributed by atoms with Crippen LogP contribution in [0, 0.1) is 0 Å². The molecule has 0 amide bonds. The largest absolute Gasteiger partial charge is 0.389 e. The van der Waals surface area contributed by atoms with Crippen LogP contribution in [0.25, 0.3) is 0 Å². The van der Waals surface area contributed by atoms with Gasteiger partial charge in [-0.3, -0.25) is 0 Å². The molecule has 1 N–H and O–H groups in total. The van der Waals surface area contributed by atoms with Crippen molar-refractivity contribution < 1.29 is 9.90 Å². The first kappa shape index (κ1) is 19.6. The number of aliphatic hydroxyl groups is 1. The Kier molecular flexibility index (Phi) is 10.3. The molecule has 0 aliphatic rings. The van der Waals surface area contributed by atoms with Gasteiger partial charge in [-0.2, -0.15) is 0 Å². The summed E-state index contributed by atoms with van der Waals surface area (Å²) in [6.07, 6.45) is 9.75. The van der Waals surface area contributed by atoms with Crippen molar-refractivity contribution in [2.24, 2.45) is 0 Å². The van der Waals surface area contributed by atoms with E-state index in [4.69, 9.17) is 0 Å². The number of ketones is 1. The lowest BCUT2D eigenvalue weighted by molar-refractivity contribution is -0.117. The third-order valence-corrected chi connectivity index (χ3v) is 4.31. The summed E-state index contributed by atoms with van der Waals surface area (Å²) in [6.45, 7) is 5.70. The van der Waals surface area contributed by atoms with Crippen LogP contribution >= 0.6 is 0 Å². The molecule has 23 heavy (non-hydrogen) atoms. The molecule has 1 aromatic rings. The summed E-state index contributed by atoms with van der Waals surface area (Å²) in [6, 6.07) is 10.3. The first-order valence-corrected chi connectivity index (χ1v) is 8.98. The molecule has 0 bridgehead atoms. The fraction of sp³-hybridized carbons (Fsp3) is 0.571. The molecule has 0 fully saturated rings. The van der Waals surface area contributed by atoms with E-state index < -0.39 is 0 Å². The van der Waals surface area contributed by atoms with Gasteiger partial charge in [-0.25, -0.2) is 0 Å². The van der Waals surface area contributed by atoms with E-state index in [0.29, 0.717) is 5.78 Å². The molecule has 0 aliphatic carbocycles. The van der Waals surface area contributed by atoms with Crippen molar-refractivity contribution in [3.05, 3.63) is 48.0 Å². The topological polar surface area (TPSA) is 37.3 Å². The van der Waals surface area contributed by atoms with Crippen molar-refractivity contribution in [2.45, 2.75) is 77.2 Å². The number of unbranched alkanes of at least 4 members (excludes halogenated alkanes) is 5. The standard InChI is InChI=1S/C21H32O2/c1-18(16-17-20-13-9-7-10-14-20)21(23)15-11-6-4-3-5-8-12-19(2)22/h7,9-10,13-14,21,23H,1,3-6,8,11-12,15-17H2,2H3. The van der Waals surface area contributed by atoms with E-state index in [1.165, 1.54) is 18.4 Å². The predicted octanol–water partition coefficient (Wildman–Crippen LogP) is 5.25. The zero-order valence-corrected chi connectivity index (χ0v) is 14.6. The van der Waals surface area contributed by atoms with E-state index in [9.17, 15) is 9.90 Å². The average Bonchev–Trinajstić information content (AvgIpc) is 2.55. The first-order chi connectivity index (χ1) is 11.1. The Hall–Kier alpha value is -1.41. The van der Waals surface area contributed by atoms with Crippen molar-refractivity contribution in [1.29, 1.82) is 0 Å². The van der Waals surface area contributed by atoms with Crippen LogP contribution < -0.4 is 0 Å². The molecule has 2 heteroatoms. The Morgan fingerprint density at radius 3 is 2.26 bits per heavy atom. The summed E-state index contributed by atoms with van der Waals surface area (Å²) in [4.78, 5) is 10.8. The van der Waals surface area contributed by atoms with E-state index in [1.54, 1.807) is 6.92 Å². The second-order valence-electron chi connectivity index (χ2n) is 6.52. The molecule has 1 rings (SSSR count). The smallest absolute Gasteiger partial charge is 0.129 e. The molecule has 1 atom stereocenters. The maximum Gasteiger partial charge on any atom is 0.129 e. The summed E-state index contributed by atoms with van der Waals surface area (Å²) >= 11 is 0. The zero-order chi connectivity index (χ0) is 16.9. The van der Waals surface area contributed by atoms with Crippen molar-refractivity contribution >= 4 is 5.78 Å². The summed E-state index contributed by atoms with van der Waals surface area (Å²) in [5, 5.41) is 10.2. The van der Waals surface area contributed by atoms with Gasteiger partial charge in [0.15, 0.2) is 0 Å². The second-order valence-corrected chi connectivity index (χ2v) is 6.52. The summed E-state index contributed by atoms with van der Waals surface area (Å²) < 4.78 is 0. The van der Waals surface area contributed by atoms with Crippen LogP contribution in [0.4, 0.5) is 0 Å². The molecular formula is C21H32O2. The van der Waals surface area contributed by atoms with Gasteiger partial charge < -0.3 is 9.90 Å². The molecule has 0 saturated carbocycles. The van der Waals surface area contributed by atoms with Crippen LogP contribution in [0.2, 0.25) is 0 Å². The van der Waals surface area contributed by atoms with Crippen molar-refractivity contribution in [2.75, 3.05) is 0 Å². The third-order valence-electron chi connectivity index (χ3n) is 4.31. The molecule has 1 aromatic carbocycles. The van der Waals surface area contributed by atoms with Crippen molar-refractivity contribution in [3.8, 4) is 0 Å². The van der Waals surface area contributed by atoms with Crippen LogP contribution in [-0.4, -0.2) is 17.0 Å². The fourth-order valence-corrected chi connectivity index (χ4v) is 2.74. The predicted molar refractivity (Wildman–Crippen MR) is 97.5 cm³/mol. The van der Waals surface area contributed by atoms with Crippen LogP contribution in [0.1, 0.15) is 70.3 Å². The number of benzene rings is 1. The van der Waals surface area contributed by atoms with Gasteiger partial charge in [-0.05, 0) is 43.7 Å². The van der Waals surface area contributed by atoms with Gasteiger partial charge >= 0.3 is 0 Å². The highest BCUT2D eigenvalue weighted by molar-refractivity contribution is 5.75. The zero-order valence-electron chi connectivity index (χ0n) is 14.6. The highest BCUT2D eigenvalue weighted by atomic mass is 16.3. The SMILES string of the molecule is C=C(CCc1ccccc1)C(O)CCCCCCCCC(C)=O. The molecule has 0 radical (unpaired) electrons. The van der Waals surface area contributed by atoms with E-state index in [1.807, 2.05) is 18.2 Å². The average molecular weight is 316 g/mol.